The summed E-state index contributed by atoms with van der Waals surface area (Å²) < 4.78 is 21.7. The molecule has 0 aliphatic carbocycles. The van der Waals surface area contributed by atoms with Crippen molar-refractivity contribution in [2.24, 2.45) is 5.92 Å². The van der Waals surface area contributed by atoms with Crippen LogP contribution in [0, 0.1) is 5.92 Å². The van der Waals surface area contributed by atoms with Crippen LogP contribution in [-0.4, -0.2) is 67.0 Å². The Hall–Kier alpha value is -3.92. The number of carboxylic acids is 1. The van der Waals surface area contributed by atoms with Crippen molar-refractivity contribution in [3.63, 3.8) is 0 Å². The van der Waals surface area contributed by atoms with Crippen LogP contribution in [0.2, 0.25) is 0 Å². The maximum atomic E-state index is 13.9. The van der Waals surface area contributed by atoms with Gasteiger partial charge in [-0.1, -0.05) is 54.6 Å². The summed E-state index contributed by atoms with van der Waals surface area (Å²) in [6.07, 6.45) is 0.0292. The van der Waals surface area contributed by atoms with Crippen molar-refractivity contribution >= 4 is 29.3 Å². The van der Waals surface area contributed by atoms with Crippen molar-refractivity contribution in [2.75, 3.05) is 33.3 Å². The van der Waals surface area contributed by atoms with E-state index in [9.17, 15) is 19.5 Å². The second-order valence-electron chi connectivity index (χ2n) is 9.51. The first-order valence-electron chi connectivity index (χ1n) is 13.4. The Morgan fingerprint density at radius 3 is 1.88 bits per heavy atom. The fraction of sp³-hybridized carbons (Fsp3) is 0.344. The van der Waals surface area contributed by atoms with Gasteiger partial charge in [-0.3, -0.25) is 9.59 Å². The number of amides is 1. The molecule has 42 heavy (non-hydrogen) atoms. The minimum absolute atomic E-state index is 0.0270. The third kappa shape index (κ3) is 9.87. The summed E-state index contributed by atoms with van der Waals surface area (Å²) in [5, 5.41) is 10.2. The number of hydrogen-bond donors (Lipinski definition) is 1. The molecule has 3 aromatic carbocycles. The number of nitrogens with zero attached hydrogens (tertiary/aromatic N) is 1. The number of Topliss-reactive ketones (excluding diaryl/α,β-unsaturated/α-hetero) is 1. The number of halogens is 1. The minimum Gasteiger partial charge on any atom is -0.497 e. The molecule has 0 aromatic heterocycles. The summed E-state index contributed by atoms with van der Waals surface area (Å²) in [5.74, 6) is -2.24. The largest absolute Gasteiger partial charge is 0.497 e. The molecule has 1 unspecified atom stereocenters. The Morgan fingerprint density at radius 2 is 1.33 bits per heavy atom. The molecule has 0 bridgehead atoms. The first-order chi connectivity index (χ1) is 20.4. The lowest BCUT2D eigenvalue weighted by Gasteiger charge is -2.32. The standard InChI is InChI=1S/C32H36ClNO8/c1-39-26-12-8-23(9-13-26)18-34(29(32(37)38)21-41-19-24-6-4-3-5-7-24)31(36)28(16-17-33)30(35)22-42-20-25-10-14-27(40-2)15-11-25/h3-15,28-29H,16-22H2,1-2H3,(H,37,38)/t28-,29?/m1/s1. The third-order valence-corrected chi connectivity index (χ3v) is 6.82. The Bertz CT molecular complexity index is 1270. The first-order valence-corrected chi connectivity index (χ1v) is 14.0. The number of ketones is 1. The number of methoxy groups -OCH3 is 2. The van der Waals surface area contributed by atoms with Crippen LogP contribution in [-0.2, 0) is 43.6 Å². The number of carbonyl (C=O) groups excluding carboxylic acids is 2. The van der Waals surface area contributed by atoms with Gasteiger partial charge in [0.1, 0.15) is 24.0 Å². The van der Waals surface area contributed by atoms with E-state index in [4.69, 9.17) is 30.5 Å². The van der Waals surface area contributed by atoms with Crippen molar-refractivity contribution in [2.45, 2.75) is 32.2 Å². The molecular formula is C32H36ClNO8. The average molecular weight is 598 g/mol. The summed E-state index contributed by atoms with van der Waals surface area (Å²) in [4.78, 5) is 40.8. The lowest BCUT2D eigenvalue weighted by Crippen LogP contribution is -2.51. The zero-order valence-corrected chi connectivity index (χ0v) is 24.5. The molecule has 0 aliphatic rings. The molecule has 0 heterocycles. The number of hydrogen-bond acceptors (Lipinski definition) is 7. The smallest absolute Gasteiger partial charge is 0.328 e. The highest BCUT2D eigenvalue weighted by molar-refractivity contribution is 6.18. The van der Waals surface area contributed by atoms with Crippen molar-refractivity contribution in [1.29, 1.82) is 0 Å². The van der Waals surface area contributed by atoms with E-state index in [1.807, 2.05) is 42.5 Å². The van der Waals surface area contributed by atoms with Gasteiger partial charge in [-0.05, 0) is 47.4 Å². The summed E-state index contributed by atoms with van der Waals surface area (Å²) in [5.41, 5.74) is 2.34. The Morgan fingerprint density at radius 1 is 0.786 bits per heavy atom. The van der Waals surface area contributed by atoms with Crippen LogP contribution in [0.15, 0.2) is 78.9 Å². The second-order valence-corrected chi connectivity index (χ2v) is 9.88. The molecule has 0 spiro atoms. The van der Waals surface area contributed by atoms with Gasteiger partial charge in [-0.15, -0.1) is 11.6 Å². The molecule has 0 saturated heterocycles. The molecule has 0 saturated carbocycles. The van der Waals surface area contributed by atoms with Crippen molar-refractivity contribution < 1.29 is 38.4 Å². The topological polar surface area (TPSA) is 112 Å². The highest BCUT2D eigenvalue weighted by Gasteiger charge is 2.37. The fourth-order valence-corrected chi connectivity index (χ4v) is 4.47. The van der Waals surface area contributed by atoms with E-state index in [-0.39, 0.29) is 45.3 Å². The molecular weight excluding hydrogens is 562 g/mol. The maximum absolute atomic E-state index is 13.9. The molecule has 3 aromatic rings. The van der Waals surface area contributed by atoms with Gasteiger partial charge >= 0.3 is 5.97 Å². The van der Waals surface area contributed by atoms with Crippen LogP contribution in [0.3, 0.4) is 0 Å². The van der Waals surface area contributed by atoms with Gasteiger partial charge in [-0.2, -0.15) is 0 Å². The van der Waals surface area contributed by atoms with Crippen molar-refractivity contribution in [1.82, 2.24) is 4.90 Å². The van der Waals surface area contributed by atoms with Gasteiger partial charge in [0, 0.05) is 12.4 Å². The van der Waals surface area contributed by atoms with Gasteiger partial charge in [0.15, 0.2) is 11.8 Å². The first kappa shape index (κ1) is 32.6. The van der Waals surface area contributed by atoms with Gasteiger partial charge in [0.25, 0.3) is 0 Å². The Kier molecular flexibility index (Phi) is 13.3. The van der Waals surface area contributed by atoms with Gasteiger partial charge in [-0.25, -0.2) is 4.79 Å². The quantitative estimate of drug-likeness (QED) is 0.165. The van der Waals surface area contributed by atoms with E-state index in [2.05, 4.69) is 0 Å². The molecule has 10 heteroatoms. The van der Waals surface area contributed by atoms with Crippen LogP contribution in [0.5, 0.6) is 11.5 Å². The number of carboxylic acid groups (broad SMARTS) is 1. The van der Waals surface area contributed by atoms with Crippen LogP contribution in [0.25, 0.3) is 0 Å². The molecule has 2 atom stereocenters. The van der Waals surface area contributed by atoms with E-state index in [1.165, 1.54) is 12.0 Å². The van der Waals surface area contributed by atoms with Crippen LogP contribution < -0.4 is 9.47 Å². The minimum atomic E-state index is -1.35. The zero-order chi connectivity index (χ0) is 30.3. The number of alkyl halides is 1. The zero-order valence-electron chi connectivity index (χ0n) is 23.7. The molecule has 0 radical (unpaired) electrons. The molecule has 3 rings (SSSR count). The normalized spacial score (nSPS) is 12.3. The highest BCUT2D eigenvalue weighted by atomic mass is 35.5. The number of ether oxygens (including phenoxy) is 4. The monoisotopic (exact) mass is 597 g/mol. The van der Waals surface area contributed by atoms with Gasteiger partial charge in [0.2, 0.25) is 5.91 Å². The Balaban J connectivity index is 1.78. The summed E-state index contributed by atoms with van der Waals surface area (Å²) >= 11 is 6.00. The van der Waals surface area contributed by atoms with Gasteiger partial charge < -0.3 is 29.0 Å². The number of aliphatic carboxylic acids is 1. The highest BCUT2D eigenvalue weighted by Crippen LogP contribution is 2.21. The maximum Gasteiger partial charge on any atom is 0.328 e. The van der Waals surface area contributed by atoms with Crippen molar-refractivity contribution in [3.8, 4) is 11.5 Å². The summed E-state index contributed by atoms with van der Waals surface area (Å²) in [6.45, 7) is -0.357. The van der Waals surface area contributed by atoms with Gasteiger partial charge in [0.05, 0.1) is 34.0 Å². The van der Waals surface area contributed by atoms with E-state index in [0.717, 1.165) is 11.1 Å². The van der Waals surface area contributed by atoms with Crippen LogP contribution in [0.4, 0.5) is 0 Å². The number of carbonyl (C=O) groups is 3. The fourth-order valence-electron chi connectivity index (χ4n) is 4.25. The predicted molar refractivity (Wildman–Crippen MR) is 158 cm³/mol. The summed E-state index contributed by atoms with van der Waals surface area (Å²) in [7, 11) is 3.11. The average Bonchev–Trinajstić information content (AvgIpc) is 3.01. The molecule has 224 valence electrons. The number of rotatable bonds is 18. The lowest BCUT2D eigenvalue weighted by atomic mass is 9.98. The van der Waals surface area contributed by atoms with E-state index < -0.39 is 29.6 Å². The molecule has 1 amide bonds. The lowest BCUT2D eigenvalue weighted by molar-refractivity contribution is -0.158. The van der Waals surface area contributed by atoms with E-state index in [0.29, 0.717) is 17.1 Å². The second kappa shape index (κ2) is 17.1. The molecule has 9 nitrogen and oxygen atoms in total. The third-order valence-electron chi connectivity index (χ3n) is 6.60. The van der Waals surface area contributed by atoms with Crippen LogP contribution >= 0.6 is 11.6 Å². The van der Waals surface area contributed by atoms with Crippen molar-refractivity contribution in [3.05, 3.63) is 95.6 Å². The number of benzene rings is 3. The van der Waals surface area contributed by atoms with Crippen LogP contribution in [0.1, 0.15) is 23.1 Å². The summed E-state index contributed by atoms with van der Waals surface area (Å²) in [6, 6.07) is 22.0. The van der Waals surface area contributed by atoms with E-state index in [1.54, 1.807) is 43.5 Å². The molecule has 1 N–H and O–H groups in total. The SMILES string of the molecule is COc1ccc(COCC(=O)[C@@H](CCCl)C(=O)N(Cc2ccc(OC)cc2)C(COCc2ccccc2)C(=O)O)cc1. The Labute approximate surface area is 250 Å². The molecule has 0 aliphatic heterocycles. The molecule has 0 fully saturated rings. The predicted octanol–water partition coefficient (Wildman–Crippen LogP) is 4.73. The van der Waals surface area contributed by atoms with E-state index >= 15 is 0 Å².